The second-order valence-electron chi connectivity index (χ2n) is 7.13. The molecule has 2 aliphatic rings. The Morgan fingerprint density at radius 3 is 2.53 bits per heavy atom. The monoisotopic (exact) mass is 406 g/mol. The van der Waals surface area contributed by atoms with Crippen LogP contribution in [-0.2, 0) is 14.3 Å². The van der Waals surface area contributed by atoms with Crippen molar-refractivity contribution < 1.29 is 19.1 Å². The van der Waals surface area contributed by atoms with E-state index in [0.29, 0.717) is 17.7 Å². The second kappa shape index (κ2) is 8.38. The molecule has 0 saturated carbocycles. The van der Waals surface area contributed by atoms with E-state index in [1.165, 1.54) is 12.0 Å². The molecule has 2 unspecified atom stereocenters. The zero-order valence-corrected chi connectivity index (χ0v) is 16.4. The minimum Gasteiger partial charge on any atom is -0.465 e. The van der Waals surface area contributed by atoms with Crippen molar-refractivity contribution in [2.75, 3.05) is 19.0 Å². The van der Waals surface area contributed by atoms with Crippen molar-refractivity contribution in [1.29, 1.82) is 0 Å². The molecule has 1 saturated heterocycles. The van der Waals surface area contributed by atoms with Gasteiger partial charge in [-0.1, -0.05) is 30.3 Å². The van der Waals surface area contributed by atoms with Gasteiger partial charge in [0.1, 0.15) is 12.6 Å². The number of carbonyl (C=O) groups excluding carboxylic acids is 3. The SMILES string of the molecule is COC(=O)c1ccc(NC(=O)CN2C=CN3NC(c4ccccc4)CC3C2=O)cc1. The number of anilines is 1. The Bertz CT molecular complexity index is 974. The third kappa shape index (κ3) is 4.04. The van der Waals surface area contributed by atoms with Crippen molar-refractivity contribution in [3.8, 4) is 0 Å². The highest BCUT2D eigenvalue weighted by Crippen LogP contribution is 2.30. The van der Waals surface area contributed by atoms with E-state index in [1.807, 2.05) is 30.3 Å². The van der Waals surface area contributed by atoms with Gasteiger partial charge in [0.25, 0.3) is 5.91 Å². The molecule has 2 atom stereocenters. The number of benzene rings is 2. The number of hydrazine groups is 1. The molecule has 0 aliphatic carbocycles. The molecule has 2 aliphatic heterocycles. The quantitative estimate of drug-likeness (QED) is 0.739. The van der Waals surface area contributed by atoms with E-state index in [9.17, 15) is 14.4 Å². The van der Waals surface area contributed by atoms with Crippen LogP contribution in [0.15, 0.2) is 67.0 Å². The molecule has 8 heteroatoms. The lowest BCUT2D eigenvalue weighted by atomic mass is 10.0. The number of esters is 1. The van der Waals surface area contributed by atoms with Gasteiger partial charge in [0, 0.05) is 18.1 Å². The highest BCUT2D eigenvalue weighted by atomic mass is 16.5. The van der Waals surface area contributed by atoms with Crippen LogP contribution in [0.2, 0.25) is 0 Å². The smallest absolute Gasteiger partial charge is 0.337 e. The molecule has 4 rings (SSSR count). The Morgan fingerprint density at radius 1 is 1.10 bits per heavy atom. The fraction of sp³-hybridized carbons (Fsp3) is 0.227. The number of rotatable bonds is 5. The van der Waals surface area contributed by atoms with Gasteiger partial charge in [0.2, 0.25) is 5.91 Å². The Hall–Kier alpha value is -3.65. The highest BCUT2D eigenvalue weighted by molar-refractivity contribution is 5.96. The first-order chi connectivity index (χ1) is 14.5. The van der Waals surface area contributed by atoms with Gasteiger partial charge in [0.05, 0.1) is 18.7 Å². The molecule has 0 bridgehead atoms. The zero-order valence-electron chi connectivity index (χ0n) is 16.4. The first-order valence-corrected chi connectivity index (χ1v) is 9.61. The van der Waals surface area contributed by atoms with Gasteiger partial charge in [-0.15, -0.1) is 0 Å². The molecular formula is C22H22N4O4. The molecule has 2 aromatic carbocycles. The molecule has 2 heterocycles. The van der Waals surface area contributed by atoms with E-state index in [4.69, 9.17) is 0 Å². The molecule has 2 aromatic rings. The van der Waals surface area contributed by atoms with Crippen LogP contribution in [0.3, 0.4) is 0 Å². The standard InChI is InChI=1S/C22H22N4O4/c1-30-22(29)16-7-9-17(10-8-16)23-20(27)14-25-11-12-26-19(21(25)28)13-18(24-26)15-5-3-2-4-6-15/h2-12,18-19,24H,13-14H2,1H3,(H,23,27). The van der Waals surface area contributed by atoms with Gasteiger partial charge in [-0.3, -0.25) is 9.59 Å². The lowest BCUT2D eigenvalue weighted by Crippen LogP contribution is -2.49. The Balaban J connectivity index is 1.36. The summed E-state index contributed by atoms with van der Waals surface area (Å²) >= 11 is 0. The number of amides is 2. The van der Waals surface area contributed by atoms with Crippen LogP contribution in [0.1, 0.15) is 28.4 Å². The van der Waals surface area contributed by atoms with E-state index < -0.39 is 5.97 Å². The van der Waals surface area contributed by atoms with Crippen LogP contribution in [0.25, 0.3) is 0 Å². The number of nitrogens with zero attached hydrogens (tertiary/aromatic N) is 2. The van der Waals surface area contributed by atoms with Crippen LogP contribution in [0, 0.1) is 0 Å². The van der Waals surface area contributed by atoms with Crippen molar-refractivity contribution in [1.82, 2.24) is 15.3 Å². The van der Waals surface area contributed by atoms with E-state index in [0.717, 1.165) is 5.56 Å². The Labute approximate surface area is 174 Å². The minimum atomic E-state index is -0.444. The number of methoxy groups -OCH3 is 1. The maximum absolute atomic E-state index is 12.9. The van der Waals surface area contributed by atoms with E-state index in [1.54, 1.807) is 41.7 Å². The summed E-state index contributed by atoms with van der Waals surface area (Å²) in [5.74, 6) is -0.891. The van der Waals surface area contributed by atoms with E-state index in [2.05, 4.69) is 15.5 Å². The number of fused-ring (bicyclic) bond motifs is 1. The predicted octanol–water partition coefficient (Wildman–Crippen LogP) is 2.05. The topological polar surface area (TPSA) is 91.0 Å². The van der Waals surface area contributed by atoms with Gasteiger partial charge in [0.15, 0.2) is 0 Å². The van der Waals surface area contributed by atoms with Crippen molar-refractivity contribution in [2.45, 2.75) is 18.5 Å². The summed E-state index contributed by atoms with van der Waals surface area (Å²) in [5.41, 5.74) is 5.38. The minimum absolute atomic E-state index is 0.0481. The number of carbonyl (C=O) groups is 3. The Morgan fingerprint density at radius 2 is 1.83 bits per heavy atom. The molecular weight excluding hydrogens is 384 g/mol. The third-order valence-electron chi connectivity index (χ3n) is 5.18. The first-order valence-electron chi connectivity index (χ1n) is 9.61. The van der Waals surface area contributed by atoms with Gasteiger partial charge in [-0.2, -0.15) is 0 Å². The van der Waals surface area contributed by atoms with E-state index in [-0.39, 0.29) is 30.4 Å². The summed E-state index contributed by atoms with van der Waals surface area (Å²) in [5, 5.41) is 4.55. The van der Waals surface area contributed by atoms with Gasteiger partial charge in [-0.05, 0) is 36.2 Å². The number of hydrogen-bond donors (Lipinski definition) is 2. The summed E-state index contributed by atoms with van der Waals surface area (Å²) < 4.78 is 4.65. The van der Waals surface area contributed by atoms with Crippen LogP contribution in [0.5, 0.6) is 0 Å². The number of ether oxygens (including phenoxy) is 1. The first kappa shape index (κ1) is 19.7. The van der Waals surface area contributed by atoms with Crippen molar-refractivity contribution >= 4 is 23.5 Å². The molecule has 2 amide bonds. The summed E-state index contributed by atoms with van der Waals surface area (Å²) in [6.07, 6.45) is 4.02. The molecule has 0 spiro atoms. The molecule has 0 aromatic heterocycles. The average molecular weight is 406 g/mol. The molecule has 154 valence electrons. The summed E-state index contributed by atoms with van der Waals surface area (Å²) in [6.45, 7) is -0.0889. The average Bonchev–Trinajstić information content (AvgIpc) is 3.21. The summed E-state index contributed by atoms with van der Waals surface area (Å²) in [6, 6.07) is 16.0. The van der Waals surface area contributed by atoms with Crippen molar-refractivity contribution in [2.24, 2.45) is 0 Å². The van der Waals surface area contributed by atoms with Crippen LogP contribution >= 0.6 is 0 Å². The van der Waals surface area contributed by atoms with Crippen LogP contribution < -0.4 is 10.7 Å². The fourth-order valence-electron chi connectivity index (χ4n) is 3.63. The lowest BCUT2D eigenvalue weighted by Gasteiger charge is -2.31. The summed E-state index contributed by atoms with van der Waals surface area (Å²) in [4.78, 5) is 38.2. The van der Waals surface area contributed by atoms with Crippen LogP contribution in [-0.4, -0.2) is 47.4 Å². The second-order valence-corrected chi connectivity index (χ2v) is 7.13. The molecule has 0 radical (unpaired) electrons. The van der Waals surface area contributed by atoms with Crippen molar-refractivity contribution in [3.05, 3.63) is 78.1 Å². The maximum atomic E-state index is 12.9. The van der Waals surface area contributed by atoms with Gasteiger partial charge in [-0.25, -0.2) is 10.2 Å². The highest BCUT2D eigenvalue weighted by Gasteiger charge is 2.40. The van der Waals surface area contributed by atoms with Gasteiger partial charge >= 0.3 is 5.97 Å². The summed E-state index contributed by atoms with van der Waals surface area (Å²) in [7, 11) is 1.31. The lowest BCUT2D eigenvalue weighted by molar-refractivity contribution is -0.137. The number of nitrogens with one attached hydrogen (secondary N) is 2. The Kier molecular flexibility index (Phi) is 5.49. The van der Waals surface area contributed by atoms with E-state index >= 15 is 0 Å². The van der Waals surface area contributed by atoms with Crippen LogP contribution in [0.4, 0.5) is 5.69 Å². The third-order valence-corrected chi connectivity index (χ3v) is 5.18. The predicted molar refractivity (Wildman–Crippen MR) is 110 cm³/mol. The molecule has 2 N–H and O–H groups in total. The molecule has 1 fully saturated rings. The number of hydrogen-bond acceptors (Lipinski definition) is 6. The largest absolute Gasteiger partial charge is 0.465 e. The molecule has 8 nitrogen and oxygen atoms in total. The maximum Gasteiger partial charge on any atom is 0.337 e. The fourth-order valence-corrected chi connectivity index (χ4v) is 3.63. The van der Waals surface area contributed by atoms with Gasteiger partial charge < -0.3 is 20.0 Å². The van der Waals surface area contributed by atoms with Crippen molar-refractivity contribution in [3.63, 3.8) is 0 Å². The zero-order chi connectivity index (χ0) is 21.1. The normalized spacial score (nSPS) is 20.1. The molecule has 30 heavy (non-hydrogen) atoms.